The van der Waals surface area contributed by atoms with Gasteiger partial charge in [-0.2, -0.15) is 11.8 Å². The predicted molar refractivity (Wildman–Crippen MR) is 196 cm³/mol. The number of benzene rings is 2. The second kappa shape index (κ2) is 17.2. The Kier molecular flexibility index (Phi) is 12.1. The molecule has 0 spiro atoms. The van der Waals surface area contributed by atoms with Crippen LogP contribution < -0.4 is 10.6 Å². The summed E-state index contributed by atoms with van der Waals surface area (Å²) < 4.78 is 20.8. The molecule has 6 aromatic rings. The van der Waals surface area contributed by atoms with Crippen LogP contribution in [0.2, 0.25) is 0 Å². The van der Waals surface area contributed by atoms with E-state index in [0.717, 1.165) is 17.0 Å². The number of hydrogen-bond donors (Lipinski definition) is 2. The van der Waals surface area contributed by atoms with E-state index in [1.807, 2.05) is 88.2 Å². The first-order chi connectivity index (χ1) is 24.5. The molecule has 16 heteroatoms. The highest BCUT2D eigenvalue weighted by molar-refractivity contribution is 8.00. The molecule has 13 nitrogen and oxygen atoms in total. The molecule has 2 amide bonds. The molecule has 50 heavy (non-hydrogen) atoms. The number of amides is 2. The van der Waals surface area contributed by atoms with Crippen molar-refractivity contribution in [3.8, 4) is 34.5 Å². The van der Waals surface area contributed by atoms with E-state index in [1.165, 1.54) is 23.5 Å². The van der Waals surface area contributed by atoms with Gasteiger partial charge in [0.2, 0.25) is 23.5 Å². The lowest BCUT2D eigenvalue weighted by molar-refractivity contribution is -0.114. The van der Waals surface area contributed by atoms with Crippen LogP contribution in [0.3, 0.4) is 0 Å². The van der Waals surface area contributed by atoms with Crippen molar-refractivity contribution in [3.05, 3.63) is 85.1 Å². The minimum absolute atomic E-state index is 0.122. The number of furan rings is 2. The summed E-state index contributed by atoms with van der Waals surface area (Å²) in [5.41, 5.74) is 2.23. The number of carbonyl (C=O) groups is 2. The Hall–Kier alpha value is -4.77. The number of para-hydroxylation sites is 1. The quantitative estimate of drug-likeness (QED) is 0.0981. The lowest BCUT2D eigenvalue weighted by atomic mass is 10.1. The van der Waals surface area contributed by atoms with Crippen molar-refractivity contribution in [3.63, 3.8) is 0 Å². The molecule has 0 bridgehead atoms. The van der Waals surface area contributed by atoms with Crippen LogP contribution in [0.25, 0.3) is 34.5 Å². The topological polar surface area (TPSA) is 155 Å². The Balaban J connectivity index is 1.07. The Labute approximate surface area is 301 Å². The molecule has 2 N–H and O–H groups in total. The SMILES string of the molecule is COCCn1c(SCC(=O)Nc2ccc(-c3ccc(-c4nnc(SCC(=O)Nc5ccccc5)n4CCSC)o3)cc2)nnc1-c1ccco1. The Morgan fingerprint density at radius 1 is 0.720 bits per heavy atom. The third-order valence-corrected chi connectivity index (χ3v) is 9.74. The van der Waals surface area contributed by atoms with Gasteiger partial charge in [-0.1, -0.05) is 41.7 Å². The van der Waals surface area contributed by atoms with Gasteiger partial charge in [0.25, 0.3) is 0 Å². The molecular formula is C34H34N8O5S3. The van der Waals surface area contributed by atoms with Gasteiger partial charge in [-0.15, -0.1) is 20.4 Å². The van der Waals surface area contributed by atoms with E-state index in [-0.39, 0.29) is 23.3 Å². The molecule has 2 aromatic carbocycles. The molecule has 4 aromatic heterocycles. The molecule has 0 aliphatic rings. The zero-order valence-electron chi connectivity index (χ0n) is 27.3. The van der Waals surface area contributed by atoms with Gasteiger partial charge in [0, 0.05) is 36.3 Å². The van der Waals surface area contributed by atoms with Crippen molar-refractivity contribution < 1.29 is 23.2 Å². The van der Waals surface area contributed by atoms with Crippen LogP contribution in [-0.2, 0) is 27.4 Å². The van der Waals surface area contributed by atoms with Gasteiger partial charge in [-0.3, -0.25) is 18.7 Å². The van der Waals surface area contributed by atoms with Gasteiger partial charge in [0.1, 0.15) is 5.76 Å². The number of ether oxygens (including phenoxy) is 1. The summed E-state index contributed by atoms with van der Waals surface area (Å²) in [5, 5.41) is 24.4. The first-order valence-electron chi connectivity index (χ1n) is 15.5. The lowest BCUT2D eigenvalue weighted by Gasteiger charge is -2.09. The fourth-order valence-corrected chi connectivity index (χ4v) is 6.73. The highest BCUT2D eigenvalue weighted by Gasteiger charge is 2.20. The minimum Gasteiger partial charge on any atom is -0.461 e. The van der Waals surface area contributed by atoms with Crippen molar-refractivity contribution in [1.29, 1.82) is 0 Å². The van der Waals surface area contributed by atoms with Crippen molar-refractivity contribution in [2.75, 3.05) is 47.9 Å². The molecule has 0 unspecified atom stereocenters. The highest BCUT2D eigenvalue weighted by Crippen LogP contribution is 2.31. The van der Waals surface area contributed by atoms with Crippen LogP contribution in [-0.4, -0.2) is 78.6 Å². The smallest absolute Gasteiger partial charge is 0.234 e. The zero-order valence-corrected chi connectivity index (χ0v) is 29.7. The summed E-state index contributed by atoms with van der Waals surface area (Å²) in [6.45, 7) is 1.64. The van der Waals surface area contributed by atoms with Crippen LogP contribution in [0.4, 0.5) is 11.4 Å². The van der Waals surface area contributed by atoms with E-state index in [4.69, 9.17) is 13.6 Å². The van der Waals surface area contributed by atoms with Crippen molar-refractivity contribution in [2.24, 2.45) is 0 Å². The second-order valence-electron chi connectivity index (χ2n) is 10.7. The average Bonchev–Trinajstić information content (AvgIpc) is 3.96. The summed E-state index contributed by atoms with van der Waals surface area (Å²) >= 11 is 4.32. The first kappa shape index (κ1) is 35.1. The van der Waals surface area contributed by atoms with E-state index < -0.39 is 0 Å². The summed E-state index contributed by atoms with van der Waals surface area (Å²) in [6.07, 6.45) is 3.62. The average molecular weight is 731 g/mol. The van der Waals surface area contributed by atoms with Crippen molar-refractivity contribution in [1.82, 2.24) is 29.5 Å². The lowest BCUT2D eigenvalue weighted by Crippen LogP contribution is -2.15. The molecule has 0 aliphatic heterocycles. The van der Waals surface area contributed by atoms with E-state index in [1.54, 1.807) is 31.2 Å². The molecule has 0 radical (unpaired) electrons. The number of rotatable bonds is 17. The number of anilines is 2. The summed E-state index contributed by atoms with van der Waals surface area (Å²) in [4.78, 5) is 25.4. The molecule has 4 heterocycles. The minimum atomic E-state index is -0.181. The van der Waals surface area contributed by atoms with E-state index in [9.17, 15) is 9.59 Å². The summed E-state index contributed by atoms with van der Waals surface area (Å²) in [7, 11) is 1.63. The number of aromatic nitrogens is 6. The molecule has 0 saturated carbocycles. The fraction of sp³-hybridized carbons (Fsp3) is 0.235. The molecular weight excluding hydrogens is 697 g/mol. The Morgan fingerprint density at radius 3 is 1.96 bits per heavy atom. The predicted octanol–water partition coefficient (Wildman–Crippen LogP) is 6.53. The largest absolute Gasteiger partial charge is 0.461 e. The van der Waals surface area contributed by atoms with E-state index in [2.05, 4.69) is 31.0 Å². The van der Waals surface area contributed by atoms with Crippen LogP contribution in [0, 0.1) is 0 Å². The molecule has 0 saturated heterocycles. The van der Waals surface area contributed by atoms with Crippen molar-refractivity contribution >= 4 is 58.5 Å². The maximum atomic E-state index is 12.8. The summed E-state index contributed by atoms with van der Waals surface area (Å²) in [6, 6.07) is 24.1. The van der Waals surface area contributed by atoms with Gasteiger partial charge in [0.15, 0.2) is 21.8 Å². The molecule has 6 rings (SSSR count). The fourth-order valence-electron chi connectivity index (χ4n) is 4.84. The first-order valence-corrected chi connectivity index (χ1v) is 18.9. The van der Waals surface area contributed by atoms with Gasteiger partial charge in [-0.05, 0) is 66.9 Å². The molecule has 0 aliphatic carbocycles. The number of thioether (sulfide) groups is 3. The monoisotopic (exact) mass is 730 g/mol. The molecule has 0 fully saturated rings. The van der Waals surface area contributed by atoms with Gasteiger partial charge >= 0.3 is 0 Å². The maximum absolute atomic E-state index is 12.8. The number of hydrogen-bond acceptors (Lipinski definition) is 12. The third-order valence-electron chi connectivity index (χ3n) is 7.22. The van der Waals surface area contributed by atoms with Crippen LogP contribution >= 0.6 is 35.3 Å². The van der Waals surface area contributed by atoms with Gasteiger partial charge in [-0.25, -0.2) is 0 Å². The van der Waals surface area contributed by atoms with Crippen LogP contribution in [0.1, 0.15) is 0 Å². The normalized spacial score (nSPS) is 11.2. The van der Waals surface area contributed by atoms with Crippen LogP contribution in [0.15, 0.2) is 104 Å². The Morgan fingerprint density at radius 2 is 1.34 bits per heavy atom. The zero-order chi connectivity index (χ0) is 34.7. The van der Waals surface area contributed by atoms with Crippen LogP contribution in [0.5, 0.6) is 0 Å². The third kappa shape index (κ3) is 8.87. The number of nitrogens with one attached hydrogen (secondary N) is 2. The van der Waals surface area contributed by atoms with E-state index >= 15 is 0 Å². The maximum Gasteiger partial charge on any atom is 0.234 e. The number of nitrogens with zero attached hydrogens (tertiary/aromatic N) is 6. The molecule has 0 atom stereocenters. The molecule has 258 valence electrons. The summed E-state index contributed by atoms with van der Waals surface area (Å²) in [5.74, 6) is 3.85. The second-order valence-corrected chi connectivity index (χ2v) is 13.5. The number of methoxy groups -OCH3 is 1. The van der Waals surface area contributed by atoms with Crippen molar-refractivity contribution in [2.45, 2.75) is 23.4 Å². The standard InChI is InChI=1S/C34H34N8O5S3/c1-45-19-16-41-31(27-9-6-18-46-27)37-39-33(41)49-22-30(44)36-25-12-10-23(11-13-25)26-14-15-28(47-26)32-38-40-34(42(32)17-20-48-2)50-21-29(43)35-24-7-4-3-5-8-24/h3-15,18H,16-17,19-22H2,1-2H3,(H,35,43)(H,36,44). The van der Waals surface area contributed by atoms with Gasteiger partial charge < -0.3 is 24.2 Å². The highest BCUT2D eigenvalue weighted by atomic mass is 32.2. The number of carbonyl (C=O) groups excluding carboxylic acids is 2. The van der Waals surface area contributed by atoms with E-state index in [0.29, 0.717) is 64.6 Å². The van der Waals surface area contributed by atoms with Gasteiger partial charge in [0.05, 0.1) is 30.9 Å². The Bertz CT molecular complexity index is 1990.